The van der Waals surface area contributed by atoms with E-state index in [1.54, 1.807) is 16.6 Å². The van der Waals surface area contributed by atoms with Gasteiger partial charge < -0.3 is 19.9 Å². The largest absolute Gasteiger partial charge is 0.382 e. The number of rotatable bonds is 8. The van der Waals surface area contributed by atoms with Crippen LogP contribution in [0.15, 0.2) is 79.1 Å². The summed E-state index contributed by atoms with van der Waals surface area (Å²) in [5.41, 5.74) is 9.11. The molecular formula is C25H25FN4O3. The van der Waals surface area contributed by atoms with Crippen molar-refractivity contribution in [1.82, 2.24) is 14.6 Å². The van der Waals surface area contributed by atoms with E-state index < -0.39 is 24.5 Å². The van der Waals surface area contributed by atoms with Gasteiger partial charge in [-0.05, 0) is 23.3 Å². The Hall–Kier alpha value is -3.33. The summed E-state index contributed by atoms with van der Waals surface area (Å²) in [4.78, 5) is 4.00. The molecule has 33 heavy (non-hydrogen) atoms. The SMILES string of the molecule is Nc1ncnn2c(C3OC(COCc4ccccc4)[C@@H](OCc4ccccc4)[C@H]3F)ccc12. The van der Waals surface area contributed by atoms with Crippen molar-refractivity contribution in [2.75, 3.05) is 12.3 Å². The molecule has 5 rings (SSSR count). The zero-order valence-corrected chi connectivity index (χ0v) is 18.0. The van der Waals surface area contributed by atoms with Crippen molar-refractivity contribution < 1.29 is 18.6 Å². The van der Waals surface area contributed by atoms with Crippen LogP contribution in [0, 0.1) is 0 Å². The van der Waals surface area contributed by atoms with E-state index in [9.17, 15) is 0 Å². The van der Waals surface area contributed by atoms with E-state index in [2.05, 4.69) is 10.1 Å². The van der Waals surface area contributed by atoms with E-state index >= 15 is 4.39 Å². The van der Waals surface area contributed by atoms with Gasteiger partial charge in [-0.25, -0.2) is 13.9 Å². The molecule has 0 spiro atoms. The van der Waals surface area contributed by atoms with Crippen molar-refractivity contribution in [3.8, 4) is 0 Å². The van der Waals surface area contributed by atoms with Crippen LogP contribution in [-0.2, 0) is 27.4 Å². The first-order valence-electron chi connectivity index (χ1n) is 10.9. The predicted octanol–water partition coefficient (Wildman–Crippen LogP) is 3.89. The van der Waals surface area contributed by atoms with E-state index in [0.29, 0.717) is 23.6 Å². The zero-order chi connectivity index (χ0) is 22.6. The molecule has 0 aliphatic carbocycles. The lowest BCUT2D eigenvalue weighted by Gasteiger charge is -2.20. The molecule has 0 radical (unpaired) electrons. The van der Waals surface area contributed by atoms with Crippen LogP contribution < -0.4 is 5.73 Å². The zero-order valence-electron chi connectivity index (χ0n) is 18.0. The van der Waals surface area contributed by atoms with Gasteiger partial charge in [-0.2, -0.15) is 5.10 Å². The van der Waals surface area contributed by atoms with Crippen molar-refractivity contribution in [2.24, 2.45) is 0 Å². The highest BCUT2D eigenvalue weighted by atomic mass is 19.1. The molecule has 4 atom stereocenters. The maximum atomic E-state index is 15.8. The van der Waals surface area contributed by atoms with Crippen LogP contribution in [0.3, 0.4) is 0 Å². The van der Waals surface area contributed by atoms with Crippen molar-refractivity contribution in [3.63, 3.8) is 0 Å². The lowest BCUT2D eigenvalue weighted by atomic mass is 10.1. The first kappa shape index (κ1) is 21.5. The summed E-state index contributed by atoms with van der Waals surface area (Å²) in [5.74, 6) is 0.323. The Labute approximate surface area is 190 Å². The van der Waals surface area contributed by atoms with E-state index in [-0.39, 0.29) is 13.2 Å². The predicted molar refractivity (Wildman–Crippen MR) is 121 cm³/mol. The summed E-state index contributed by atoms with van der Waals surface area (Å²) in [6, 6.07) is 23.0. The van der Waals surface area contributed by atoms with Gasteiger partial charge in [-0.15, -0.1) is 0 Å². The fourth-order valence-electron chi connectivity index (χ4n) is 4.11. The third-order valence-corrected chi connectivity index (χ3v) is 5.77. The van der Waals surface area contributed by atoms with Gasteiger partial charge in [0.2, 0.25) is 0 Å². The van der Waals surface area contributed by atoms with Crippen LogP contribution in [0.25, 0.3) is 5.52 Å². The Kier molecular flexibility index (Phi) is 6.30. The Morgan fingerprint density at radius 2 is 1.64 bits per heavy atom. The highest BCUT2D eigenvalue weighted by Gasteiger charge is 2.47. The smallest absolute Gasteiger partial charge is 0.160 e. The van der Waals surface area contributed by atoms with Gasteiger partial charge in [0.25, 0.3) is 0 Å². The summed E-state index contributed by atoms with van der Waals surface area (Å²) in [6.45, 7) is 0.887. The lowest BCUT2D eigenvalue weighted by molar-refractivity contribution is -0.0741. The topological polar surface area (TPSA) is 83.9 Å². The number of benzene rings is 2. The molecule has 1 fully saturated rings. The molecule has 0 amide bonds. The van der Waals surface area contributed by atoms with Crippen molar-refractivity contribution >= 4 is 11.3 Å². The van der Waals surface area contributed by atoms with Gasteiger partial charge in [0, 0.05) is 0 Å². The summed E-state index contributed by atoms with van der Waals surface area (Å²) < 4.78 is 35.4. The number of anilines is 1. The first-order chi connectivity index (χ1) is 16.2. The molecule has 1 aliphatic heterocycles. The minimum atomic E-state index is -1.41. The van der Waals surface area contributed by atoms with E-state index in [1.807, 2.05) is 60.7 Å². The average molecular weight is 448 g/mol. The molecule has 2 aromatic carbocycles. The molecule has 7 nitrogen and oxygen atoms in total. The van der Waals surface area contributed by atoms with Crippen LogP contribution in [-0.4, -0.2) is 39.6 Å². The summed E-state index contributed by atoms with van der Waals surface area (Å²) in [5, 5.41) is 4.23. The molecule has 0 bridgehead atoms. The molecule has 1 aliphatic rings. The lowest BCUT2D eigenvalue weighted by Crippen LogP contribution is -2.34. The Morgan fingerprint density at radius 1 is 0.939 bits per heavy atom. The van der Waals surface area contributed by atoms with Crippen LogP contribution >= 0.6 is 0 Å². The minimum Gasteiger partial charge on any atom is -0.382 e. The van der Waals surface area contributed by atoms with Gasteiger partial charge in [0.05, 0.1) is 25.5 Å². The third-order valence-electron chi connectivity index (χ3n) is 5.77. The molecule has 2 N–H and O–H groups in total. The normalized spacial score (nSPS) is 22.7. The van der Waals surface area contributed by atoms with Crippen LogP contribution in [0.2, 0.25) is 0 Å². The molecule has 8 heteroatoms. The Balaban J connectivity index is 1.35. The van der Waals surface area contributed by atoms with Crippen LogP contribution in [0.5, 0.6) is 0 Å². The highest BCUT2D eigenvalue weighted by Crippen LogP contribution is 2.38. The maximum absolute atomic E-state index is 15.8. The number of hydrogen-bond acceptors (Lipinski definition) is 6. The first-order valence-corrected chi connectivity index (χ1v) is 10.9. The number of aromatic nitrogens is 3. The van der Waals surface area contributed by atoms with Gasteiger partial charge in [0.15, 0.2) is 12.0 Å². The van der Waals surface area contributed by atoms with Crippen molar-refractivity contribution in [2.45, 2.75) is 37.7 Å². The number of ether oxygens (including phenoxy) is 3. The van der Waals surface area contributed by atoms with Gasteiger partial charge >= 0.3 is 0 Å². The monoisotopic (exact) mass is 448 g/mol. The fraction of sp³-hybridized carbons (Fsp3) is 0.280. The molecular weight excluding hydrogens is 423 g/mol. The third kappa shape index (κ3) is 4.59. The summed E-state index contributed by atoms with van der Waals surface area (Å²) >= 11 is 0. The standard InChI is InChI=1S/C25H25FN4O3/c26-22-23(19-11-12-20-25(27)28-16-29-30(19)20)33-21(15-31-13-17-7-3-1-4-8-17)24(22)32-14-18-9-5-2-6-10-18/h1-12,16,21-24H,13-15H2,(H2,27,28,29)/t21?,22-,23?,24+/m0/s1. The molecule has 3 heterocycles. The van der Waals surface area contributed by atoms with Crippen molar-refractivity contribution in [1.29, 1.82) is 0 Å². The summed E-state index contributed by atoms with van der Waals surface area (Å²) in [6.07, 6.45) is -2.31. The molecule has 2 unspecified atom stereocenters. The van der Waals surface area contributed by atoms with Gasteiger partial charge in [-0.3, -0.25) is 0 Å². The van der Waals surface area contributed by atoms with E-state index in [1.165, 1.54) is 6.33 Å². The second-order valence-electron chi connectivity index (χ2n) is 8.00. The fourth-order valence-corrected chi connectivity index (χ4v) is 4.11. The van der Waals surface area contributed by atoms with E-state index in [4.69, 9.17) is 19.9 Å². The van der Waals surface area contributed by atoms with Gasteiger partial charge in [-0.1, -0.05) is 60.7 Å². The average Bonchev–Trinajstić information content (AvgIpc) is 3.41. The molecule has 0 saturated carbocycles. The van der Waals surface area contributed by atoms with Crippen LogP contribution in [0.1, 0.15) is 22.9 Å². The number of nitrogens with two attached hydrogens (primary N) is 1. The molecule has 170 valence electrons. The van der Waals surface area contributed by atoms with Crippen molar-refractivity contribution in [3.05, 3.63) is 95.9 Å². The minimum absolute atomic E-state index is 0.200. The number of halogens is 1. The van der Waals surface area contributed by atoms with E-state index in [0.717, 1.165) is 11.1 Å². The maximum Gasteiger partial charge on any atom is 0.160 e. The molecule has 2 aromatic heterocycles. The highest BCUT2D eigenvalue weighted by molar-refractivity contribution is 5.65. The quantitative estimate of drug-likeness (QED) is 0.440. The molecule has 4 aromatic rings. The second-order valence-corrected chi connectivity index (χ2v) is 8.00. The summed E-state index contributed by atoms with van der Waals surface area (Å²) in [7, 11) is 0. The second kappa shape index (κ2) is 9.66. The number of alkyl halides is 1. The van der Waals surface area contributed by atoms with Gasteiger partial charge in [0.1, 0.15) is 30.2 Å². The Bertz CT molecular complexity index is 1190. The number of nitrogen functional groups attached to an aromatic ring is 1. The number of fused-ring (bicyclic) bond motifs is 1. The van der Waals surface area contributed by atoms with Crippen LogP contribution in [0.4, 0.5) is 10.2 Å². The number of hydrogen-bond donors (Lipinski definition) is 1. The molecule has 1 saturated heterocycles. The number of nitrogens with zero attached hydrogens (tertiary/aromatic N) is 3. The Morgan fingerprint density at radius 3 is 2.36 bits per heavy atom.